The number of ether oxygens (including phenoxy) is 1. The van der Waals surface area contributed by atoms with Crippen molar-refractivity contribution in [1.82, 2.24) is 10.2 Å². The number of hydrogen-bond acceptors (Lipinski definition) is 5. The van der Waals surface area contributed by atoms with E-state index in [2.05, 4.69) is 26.5 Å². The van der Waals surface area contributed by atoms with Crippen molar-refractivity contribution >= 4 is 22.3 Å². The number of aryl methyl sites for hydroxylation is 1. The molecule has 3 aliphatic heterocycles. The van der Waals surface area contributed by atoms with Gasteiger partial charge in [-0.1, -0.05) is 18.2 Å². The molecule has 8 heteroatoms. The van der Waals surface area contributed by atoms with Gasteiger partial charge in [0.15, 0.2) is 0 Å². The number of alkyl halides is 2. The molecule has 0 saturated carbocycles. The van der Waals surface area contributed by atoms with Gasteiger partial charge in [-0.2, -0.15) is 10.2 Å². The van der Waals surface area contributed by atoms with Gasteiger partial charge in [0, 0.05) is 36.1 Å². The molecule has 2 bridgehead atoms. The fourth-order valence-electron chi connectivity index (χ4n) is 4.59. The van der Waals surface area contributed by atoms with Gasteiger partial charge < -0.3 is 15.0 Å². The molecule has 1 aromatic heterocycles. The van der Waals surface area contributed by atoms with Crippen LogP contribution < -0.4 is 10.2 Å². The predicted octanol–water partition coefficient (Wildman–Crippen LogP) is 5.17. The number of nitrogens with zero attached hydrogens (tertiary/aromatic N) is 3. The Morgan fingerprint density at radius 1 is 1.16 bits per heavy atom. The van der Waals surface area contributed by atoms with E-state index < -0.39 is 23.8 Å². The number of morpholine rings is 1. The van der Waals surface area contributed by atoms with E-state index in [0.29, 0.717) is 5.69 Å². The highest BCUT2D eigenvalue weighted by molar-refractivity contribution is 5.94. The van der Waals surface area contributed by atoms with Crippen molar-refractivity contribution in [2.45, 2.75) is 44.9 Å². The molecule has 3 atom stereocenters. The first-order chi connectivity index (χ1) is 14.9. The number of nitrogens with one attached hydrogen (secondary N) is 1. The Hall–Kier alpha value is -2.87. The predicted molar refractivity (Wildman–Crippen MR) is 113 cm³/mol. The van der Waals surface area contributed by atoms with E-state index in [9.17, 15) is 13.2 Å². The molecular formula is C23H23F3N4O. The minimum absolute atomic E-state index is 0.184. The van der Waals surface area contributed by atoms with Crippen LogP contribution in [0.2, 0.25) is 0 Å². The van der Waals surface area contributed by atoms with Gasteiger partial charge in [0.2, 0.25) is 0 Å². The second-order valence-electron chi connectivity index (χ2n) is 8.35. The highest BCUT2D eigenvalue weighted by atomic mass is 19.3. The molecule has 3 aromatic rings. The summed E-state index contributed by atoms with van der Waals surface area (Å²) in [6, 6.07) is 7.61. The van der Waals surface area contributed by atoms with Crippen LogP contribution in [0, 0.1) is 12.7 Å². The number of piperidine rings is 1. The van der Waals surface area contributed by atoms with Gasteiger partial charge in [-0.05, 0) is 31.5 Å². The quantitative estimate of drug-likeness (QED) is 0.608. The molecule has 0 aliphatic carbocycles. The maximum Gasteiger partial charge on any atom is 0.266 e. The number of hydrogen-bond donors (Lipinski definition) is 1. The van der Waals surface area contributed by atoms with Crippen LogP contribution in [0.25, 0.3) is 10.9 Å². The first-order valence-corrected chi connectivity index (χ1v) is 10.4. The number of fused-ring (bicyclic) bond motifs is 3. The molecule has 6 rings (SSSR count). The highest BCUT2D eigenvalue weighted by Gasteiger charge is 2.38. The lowest BCUT2D eigenvalue weighted by Crippen LogP contribution is -2.57. The first kappa shape index (κ1) is 20.1. The molecule has 31 heavy (non-hydrogen) atoms. The Labute approximate surface area is 178 Å². The maximum absolute atomic E-state index is 14.6. The molecule has 0 amide bonds. The lowest BCUT2D eigenvalue weighted by atomic mass is 9.97. The largest absolute Gasteiger partial charge is 0.377 e. The van der Waals surface area contributed by atoms with Crippen molar-refractivity contribution in [2.75, 3.05) is 23.3 Å². The normalized spacial score (nSPS) is 21.3. The number of halogens is 3. The Bertz CT molecular complexity index is 1120. The van der Waals surface area contributed by atoms with Gasteiger partial charge in [0.25, 0.3) is 6.43 Å². The maximum atomic E-state index is 14.6. The van der Waals surface area contributed by atoms with E-state index in [1.165, 1.54) is 12.1 Å². The second kappa shape index (κ2) is 7.67. The minimum Gasteiger partial charge on any atom is -0.377 e. The SMILES string of the molecule is Cc1cc2nncc(N[C@H](C)c3cccc(C(F)F)c3F)c2cc1N1CC2CC(C1)O2. The van der Waals surface area contributed by atoms with Crippen LogP contribution in [0.4, 0.5) is 24.5 Å². The summed E-state index contributed by atoms with van der Waals surface area (Å²) in [5, 5.41) is 12.4. The van der Waals surface area contributed by atoms with Gasteiger partial charge in [0.05, 0.1) is 41.2 Å². The molecule has 1 N–H and O–H groups in total. The van der Waals surface area contributed by atoms with Gasteiger partial charge in [0.1, 0.15) is 5.82 Å². The lowest BCUT2D eigenvalue weighted by molar-refractivity contribution is -0.133. The zero-order chi connectivity index (χ0) is 21.7. The molecule has 3 aliphatic rings. The summed E-state index contributed by atoms with van der Waals surface area (Å²) in [6.45, 7) is 5.49. The van der Waals surface area contributed by atoms with E-state index in [4.69, 9.17) is 4.74 Å². The fraction of sp³-hybridized carbons (Fsp3) is 0.391. The van der Waals surface area contributed by atoms with Crippen molar-refractivity contribution in [1.29, 1.82) is 0 Å². The lowest BCUT2D eigenvalue weighted by Gasteiger charge is -2.48. The van der Waals surface area contributed by atoms with Crippen molar-refractivity contribution < 1.29 is 17.9 Å². The summed E-state index contributed by atoms with van der Waals surface area (Å²) < 4.78 is 46.6. The van der Waals surface area contributed by atoms with Crippen LogP contribution in [-0.2, 0) is 4.74 Å². The number of benzene rings is 2. The molecule has 0 spiro atoms. The van der Waals surface area contributed by atoms with E-state index in [1.807, 2.05) is 13.0 Å². The van der Waals surface area contributed by atoms with Gasteiger partial charge in [-0.25, -0.2) is 13.2 Å². The monoisotopic (exact) mass is 428 g/mol. The van der Waals surface area contributed by atoms with Crippen LogP contribution in [-0.4, -0.2) is 35.5 Å². The Morgan fingerprint density at radius 2 is 1.87 bits per heavy atom. The number of aromatic nitrogens is 2. The third-order valence-electron chi connectivity index (χ3n) is 6.19. The third-order valence-corrected chi connectivity index (χ3v) is 6.19. The van der Waals surface area contributed by atoms with E-state index >= 15 is 0 Å². The molecule has 5 nitrogen and oxygen atoms in total. The van der Waals surface area contributed by atoms with Crippen LogP contribution in [0.15, 0.2) is 36.5 Å². The van der Waals surface area contributed by atoms with Crippen LogP contribution in [0.3, 0.4) is 0 Å². The minimum atomic E-state index is -2.86. The fourth-order valence-corrected chi connectivity index (χ4v) is 4.59. The van der Waals surface area contributed by atoms with Crippen molar-refractivity contribution in [3.63, 3.8) is 0 Å². The zero-order valence-electron chi connectivity index (χ0n) is 17.3. The Kier molecular flexibility index (Phi) is 4.97. The van der Waals surface area contributed by atoms with Gasteiger partial charge in [-0.15, -0.1) is 0 Å². The summed E-state index contributed by atoms with van der Waals surface area (Å²) in [7, 11) is 0. The molecule has 2 aromatic carbocycles. The zero-order valence-corrected chi connectivity index (χ0v) is 17.3. The topological polar surface area (TPSA) is 50.3 Å². The molecule has 0 radical (unpaired) electrons. The van der Waals surface area contributed by atoms with E-state index in [-0.39, 0.29) is 17.8 Å². The summed E-state index contributed by atoms with van der Waals surface area (Å²) in [5.41, 5.74) is 3.21. The molecule has 162 valence electrons. The highest BCUT2D eigenvalue weighted by Crippen LogP contribution is 2.36. The van der Waals surface area contributed by atoms with E-state index in [0.717, 1.165) is 47.7 Å². The van der Waals surface area contributed by atoms with E-state index in [1.54, 1.807) is 13.1 Å². The second-order valence-corrected chi connectivity index (χ2v) is 8.35. The van der Waals surface area contributed by atoms with Crippen molar-refractivity contribution in [3.05, 3.63) is 59.0 Å². The van der Waals surface area contributed by atoms with Gasteiger partial charge in [-0.3, -0.25) is 0 Å². The smallest absolute Gasteiger partial charge is 0.266 e. The standard InChI is InChI=1S/C23H23F3N4O/c1-12-6-19-18(8-21(12)30-10-14-7-15(11-30)31-14)20(9-27-29-19)28-13(2)16-4-3-5-17(22(16)24)23(25)26/h3-6,8-9,13-15,23H,7,10-11H2,1-2H3,(H,28,29)/t13-,14?,15?/m1/s1. The third kappa shape index (κ3) is 3.59. The summed E-state index contributed by atoms with van der Waals surface area (Å²) >= 11 is 0. The van der Waals surface area contributed by atoms with Crippen LogP contribution >= 0.6 is 0 Å². The molecular weight excluding hydrogens is 405 g/mol. The first-order valence-electron chi connectivity index (χ1n) is 10.4. The summed E-state index contributed by atoms with van der Waals surface area (Å²) in [5.74, 6) is -0.882. The molecule has 3 saturated heterocycles. The average Bonchev–Trinajstić information content (AvgIpc) is 2.73. The van der Waals surface area contributed by atoms with Gasteiger partial charge >= 0.3 is 0 Å². The van der Waals surface area contributed by atoms with Crippen molar-refractivity contribution in [3.8, 4) is 0 Å². The Morgan fingerprint density at radius 3 is 2.58 bits per heavy atom. The summed E-state index contributed by atoms with van der Waals surface area (Å²) in [4.78, 5) is 2.33. The molecule has 3 fully saturated rings. The number of anilines is 2. The van der Waals surface area contributed by atoms with Crippen molar-refractivity contribution in [2.24, 2.45) is 0 Å². The average molecular weight is 428 g/mol. The molecule has 4 heterocycles. The van der Waals surface area contributed by atoms with Crippen LogP contribution in [0.1, 0.15) is 42.5 Å². The molecule has 2 unspecified atom stereocenters. The number of rotatable bonds is 5. The van der Waals surface area contributed by atoms with Crippen LogP contribution in [0.5, 0.6) is 0 Å². The Balaban J connectivity index is 1.49. The summed E-state index contributed by atoms with van der Waals surface area (Å²) in [6.07, 6.45) is 0.409.